The zero-order chi connectivity index (χ0) is 20.1. The average molecular weight is 398 g/mol. The van der Waals surface area contributed by atoms with Gasteiger partial charge >= 0.3 is 6.36 Å². The molecule has 27 heavy (non-hydrogen) atoms. The first-order valence-corrected chi connectivity index (χ1v) is 9.34. The van der Waals surface area contributed by atoms with E-state index in [1.54, 1.807) is 13.0 Å². The van der Waals surface area contributed by atoms with E-state index in [0.29, 0.717) is 11.3 Å². The summed E-state index contributed by atoms with van der Waals surface area (Å²) in [5, 5.41) is 0.788. The van der Waals surface area contributed by atoms with E-state index >= 15 is 0 Å². The lowest BCUT2D eigenvalue weighted by molar-refractivity contribution is -0.303. The Kier molecular flexibility index (Phi) is 6.27. The van der Waals surface area contributed by atoms with Crippen molar-refractivity contribution >= 4 is 26.6 Å². The van der Waals surface area contributed by atoms with Crippen LogP contribution in [0.25, 0.3) is 10.9 Å². The number of fused-ring (bicyclic) bond motifs is 1. The number of hydrogen-bond donors (Lipinski definition) is 1. The molecule has 1 N–H and O–H groups in total. The molecule has 1 aromatic carbocycles. The standard InChI is InChI=1S/C18H17F3N2O3S/c1-13(7-8-14(2)26-18(19,20)21)9-10-27(24,25)23-16-11-15-5-3-4-6-17(15)22-12-16/h3-9,11-12,23H,2,10H2,1H3/b8-7-,13-9-. The fourth-order valence-electron chi connectivity index (χ4n) is 2.06. The summed E-state index contributed by atoms with van der Waals surface area (Å²) in [4.78, 5) is 4.17. The highest BCUT2D eigenvalue weighted by Crippen LogP contribution is 2.20. The average Bonchev–Trinajstić information content (AvgIpc) is 2.56. The Hall–Kier alpha value is -2.81. The summed E-state index contributed by atoms with van der Waals surface area (Å²) < 4.78 is 66.4. The number of pyridine rings is 1. The molecule has 1 aromatic heterocycles. The zero-order valence-corrected chi connectivity index (χ0v) is 15.1. The van der Waals surface area contributed by atoms with Gasteiger partial charge < -0.3 is 4.74 Å². The van der Waals surface area contributed by atoms with Gasteiger partial charge in [0.2, 0.25) is 10.0 Å². The molecule has 0 saturated heterocycles. The van der Waals surface area contributed by atoms with Crippen molar-refractivity contribution in [2.24, 2.45) is 0 Å². The second-order valence-electron chi connectivity index (χ2n) is 5.60. The third-order valence-electron chi connectivity index (χ3n) is 3.27. The number of anilines is 1. The first kappa shape index (κ1) is 20.5. The molecule has 9 heteroatoms. The molecule has 2 rings (SSSR count). The first-order chi connectivity index (χ1) is 12.5. The van der Waals surface area contributed by atoms with E-state index in [0.717, 1.165) is 17.0 Å². The van der Waals surface area contributed by atoms with Crippen molar-refractivity contribution in [1.82, 2.24) is 4.98 Å². The summed E-state index contributed by atoms with van der Waals surface area (Å²) in [5.41, 5.74) is 1.49. The van der Waals surface area contributed by atoms with Gasteiger partial charge in [-0.25, -0.2) is 8.42 Å². The number of benzene rings is 1. The SMILES string of the molecule is C=C(/C=C\C(C)=C/CS(=O)(=O)Nc1cnc2ccccc2c1)OC(F)(F)F. The van der Waals surface area contributed by atoms with Crippen LogP contribution in [0.3, 0.4) is 0 Å². The van der Waals surface area contributed by atoms with Crippen molar-refractivity contribution in [3.8, 4) is 0 Å². The molecule has 144 valence electrons. The normalized spacial score (nSPS) is 13.1. The molecule has 0 aliphatic carbocycles. The molecule has 0 spiro atoms. The lowest BCUT2D eigenvalue weighted by Crippen LogP contribution is -2.15. The lowest BCUT2D eigenvalue weighted by Gasteiger charge is -2.08. The second-order valence-corrected chi connectivity index (χ2v) is 7.36. The summed E-state index contributed by atoms with van der Waals surface area (Å²) in [7, 11) is -3.70. The molecule has 0 bridgehead atoms. The quantitative estimate of drug-likeness (QED) is 0.550. The van der Waals surface area contributed by atoms with E-state index in [9.17, 15) is 21.6 Å². The van der Waals surface area contributed by atoms with Crippen LogP contribution in [0.4, 0.5) is 18.9 Å². The van der Waals surface area contributed by atoms with Crippen LogP contribution >= 0.6 is 0 Å². The number of rotatable bonds is 7. The maximum absolute atomic E-state index is 12.2. The van der Waals surface area contributed by atoms with E-state index in [1.807, 2.05) is 24.3 Å². The van der Waals surface area contributed by atoms with Crippen molar-refractivity contribution < 1.29 is 26.3 Å². The van der Waals surface area contributed by atoms with Crippen molar-refractivity contribution in [3.63, 3.8) is 0 Å². The molecule has 0 radical (unpaired) electrons. The Morgan fingerprint density at radius 2 is 2.00 bits per heavy atom. The minimum Gasteiger partial charge on any atom is -0.406 e. The number of allylic oxidation sites excluding steroid dienone is 3. The third-order valence-corrected chi connectivity index (χ3v) is 4.42. The van der Waals surface area contributed by atoms with Crippen LogP contribution in [0.2, 0.25) is 0 Å². The second kappa shape index (κ2) is 8.26. The van der Waals surface area contributed by atoms with Gasteiger partial charge in [-0.05, 0) is 25.1 Å². The largest absolute Gasteiger partial charge is 0.573 e. The number of nitrogens with zero attached hydrogens (tertiary/aromatic N) is 1. The van der Waals surface area contributed by atoms with Crippen molar-refractivity contribution in [1.29, 1.82) is 0 Å². The van der Waals surface area contributed by atoms with Crippen molar-refractivity contribution in [2.45, 2.75) is 13.3 Å². The third kappa shape index (κ3) is 7.14. The predicted octanol–water partition coefficient (Wildman–Crippen LogP) is 4.53. The Morgan fingerprint density at radius 3 is 2.70 bits per heavy atom. The first-order valence-electron chi connectivity index (χ1n) is 7.69. The van der Waals surface area contributed by atoms with Crippen molar-refractivity contribution in [2.75, 3.05) is 10.5 Å². The van der Waals surface area contributed by atoms with Gasteiger partial charge in [0, 0.05) is 5.39 Å². The molecular weight excluding hydrogens is 381 g/mol. The molecule has 0 aliphatic heterocycles. The van der Waals surface area contributed by atoms with E-state index in [4.69, 9.17) is 0 Å². The number of aromatic nitrogens is 1. The van der Waals surface area contributed by atoms with Crippen LogP contribution in [0.5, 0.6) is 0 Å². The molecule has 2 aromatic rings. The molecule has 0 amide bonds. The number of nitrogens with one attached hydrogen (secondary N) is 1. The Labute approximate surface area is 154 Å². The van der Waals surface area contributed by atoms with E-state index in [-0.39, 0.29) is 5.75 Å². The Morgan fingerprint density at radius 1 is 1.30 bits per heavy atom. The highest BCUT2D eigenvalue weighted by Gasteiger charge is 2.30. The number of sulfonamides is 1. The van der Waals surface area contributed by atoms with Gasteiger partial charge in [0.25, 0.3) is 0 Å². The molecule has 0 atom stereocenters. The molecular formula is C18H17F3N2O3S. The van der Waals surface area contributed by atoms with E-state index in [2.05, 4.69) is 21.0 Å². The van der Waals surface area contributed by atoms with Gasteiger partial charge in [-0.3, -0.25) is 9.71 Å². The van der Waals surface area contributed by atoms with Gasteiger partial charge in [-0.15, -0.1) is 13.2 Å². The van der Waals surface area contributed by atoms with Crippen LogP contribution < -0.4 is 4.72 Å². The van der Waals surface area contributed by atoms with E-state index in [1.165, 1.54) is 18.3 Å². The summed E-state index contributed by atoms with van der Waals surface area (Å²) in [6.45, 7) is 4.65. The summed E-state index contributed by atoms with van der Waals surface area (Å²) >= 11 is 0. The van der Waals surface area contributed by atoms with Crippen LogP contribution in [-0.2, 0) is 14.8 Å². The smallest absolute Gasteiger partial charge is 0.406 e. The van der Waals surface area contributed by atoms with Crippen molar-refractivity contribution in [3.05, 3.63) is 72.7 Å². The highest BCUT2D eigenvalue weighted by molar-refractivity contribution is 7.92. The number of halogens is 3. The summed E-state index contributed by atoms with van der Waals surface area (Å²) in [6, 6.07) is 8.92. The molecule has 0 saturated carbocycles. The number of ether oxygens (including phenoxy) is 1. The topological polar surface area (TPSA) is 68.3 Å². The van der Waals surface area contributed by atoms with Crippen LogP contribution in [0.15, 0.2) is 72.7 Å². The van der Waals surface area contributed by atoms with Gasteiger partial charge in [0.05, 0.1) is 23.2 Å². The Balaban J connectivity index is 2.00. The molecule has 1 heterocycles. The van der Waals surface area contributed by atoms with Gasteiger partial charge in [0.15, 0.2) is 0 Å². The van der Waals surface area contributed by atoms with Gasteiger partial charge in [-0.2, -0.15) is 0 Å². The zero-order valence-electron chi connectivity index (χ0n) is 14.3. The molecule has 0 aliphatic rings. The minimum absolute atomic E-state index is 0.322. The lowest BCUT2D eigenvalue weighted by atomic mass is 10.2. The fourth-order valence-corrected chi connectivity index (χ4v) is 3.10. The van der Waals surface area contributed by atoms with Gasteiger partial charge in [-0.1, -0.05) is 42.5 Å². The maximum atomic E-state index is 12.2. The maximum Gasteiger partial charge on any atom is 0.573 e. The molecule has 5 nitrogen and oxygen atoms in total. The molecule has 0 fully saturated rings. The number of para-hydroxylation sites is 1. The summed E-state index contributed by atoms with van der Waals surface area (Å²) in [5.74, 6) is -0.957. The fraction of sp³-hybridized carbons (Fsp3) is 0.167. The number of hydrogen-bond acceptors (Lipinski definition) is 4. The Bertz CT molecular complexity index is 996. The minimum atomic E-state index is -4.82. The highest BCUT2D eigenvalue weighted by atomic mass is 32.2. The number of alkyl halides is 3. The molecule has 0 unspecified atom stereocenters. The van der Waals surface area contributed by atoms with E-state index < -0.39 is 22.1 Å². The van der Waals surface area contributed by atoms with Crippen LogP contribution in [0, 0.1) is 0 Å². The van der Waals surface area contributed by atoms with Crippen LogP contribution in [-0.4, -0.2) is 25.5 Å². The summed E-state index contributed by atoms with van der Waals surface area (Å²) in [6.07, 6.45) is 0.233. The predicted molar refractivity (Wildman–Crippen MR) is 98.3 cm³/mol. The van der Waals surface area contributed by atoms with Gasteiger partial charge in [0.1, 0.15) is 5.76 Å². The monoisotopic (exact) mass is 398 g/mol. The van der Waals surface area contributed by atoms with Crippen LogP contribution in [0.1, 0.15) is 6.92 Å².